The number of ether oxygens (including phenoxy) is 1. The van der Waals surface area contributed by atoms with E-state index >= 15 is 0 Å². The smallest absolute Gasteiger partial charge is 0.0598 e. The maximum Gasteiger partial charge on any atom is 0.0598 e. The number of hydrogen-bond donors (Lipinski definition) is 1. The van der Waals surface area contributed by atoms with Crippen LogP contribution < -0.4 is 5.32 Å². The van der Waals surface area contributed by atoms with E-state index in [-0.39, 0.29) is 0 Å². The van der Waals surface area contributed by atoms with E-state index in [1.54, 1.807) is 0 Å². The molecule has 2 aliphatic heterocycles. The molecule has 2 atom stereocenters. The third-order valence-electron chi connectivity index (χ3n) is 3.86. The van der Waals surface area contributed by atoms with Crippen LogP contribution in [-0.4, -0.2) is 43.9 Å². The summed E-state index contributed by atoms with van der Waals surface area (Å²) in [6, 6.07) is 0. The molecule has 2 heterocycles. The fraction of sp³-hybridized carbons (Fsp3) is 1.00. The first-order chi connectivity index (χ1) is 7.27. The molecule has 2 aliphatic rings. The molecule has 0 bridgehead atoms. The Bertz CT molecular complexity index is 182. The molecular formula is C12H24N2O. The summed E-state index contributed by atoms with van der Waals surface area (Å²) >= 11 is 0. The minimum atomic E-state index is 0.615. The van der Waals surface area contributed by atoms with Crippen molar-refractivity contribution in [3.8, 4) is 0 Å². The first kappa shape index (κ1) is 11.4. The van der Waals surface area contributed by atoms with Gasteiger partial charge in [0.15, 0.2) is 0 Å². The van der Waals surface area contributed by atoms with E-state index < -0.39 is 0 Å². The van der Waals surface area contributed by atoms with Crippen molar-refractivity contribution >= 4 is 0 Å². The van der Waals surface area contributed by atoms with Gasteiger partial charge in [-0.2, -0.15) is 0 Å². The van der Waals surface area contributed by atoms with Gasteiger partial charge in [-0.15, -0.1) is 0 Å². The van der Waals surface area contributed by atoms with Crippen LogP contribution >= 0.6 is 0 Å². The third-order valence-corrected chi connectivity index (χ3v) is 3.86. The number of morpholine rings is 1. The van der Waals surface area contributed by atoms with Gasteiger partial charge in [-0.25, -0.2) is 0 Å². The average Bonchev–Trinajstić information content (AvgIpc) is 2.30. The van der Waals surface area contributed by atoms with Gasteiger partial charge >= 0.3 is 0 Å². The number of hydrogen-bond acceptors (Lipinski definition) is 3. The van der Waals surface area contributed by atoms with Gasteiger partial charge in [-0.1, -0.05) is 13.8 Å². The molecule has 3 nitrogen and oxygen atoms in total. The van der Waals surface area contributed by atoms with Gasteiger partial charge in [0, 0.05) is 13.1 Å². The second-order valence-corrected chi connectivity index (χ2v) is 5.15. The SMILES string of the molecule is CC(C)C1CCC(N2CCOCC2)NC1. The summed E-state index contributed by atoms with van der Waals surface area (Å²) in [6.07, 6.45) is 3.30. The zero-order valence-electron chi connectivity index (χ0n) is 10.0. The van der Waals surface area contributed by atoms with Crippen molar-refractivity contribution in [1.29, 1.82) is 0 Å². The van der Waals surface area contributed by atoms with Crippen LogP contribution in [0.3, 0.4) is 0 Å². The lowest BCUT2D eigenvalue weighted by atomic mass is 9.87. The maximum atomic E-state index is 5.38. The summed E-state index contributed by atoms with van der Waals surface area (Å²) in [7, 11) is 0. The summed E-state index contributed by atoms with van der Waals surface area (Å²) < 4.78 is 5.38. The van der Waals surface area contributed by atoms with Crippen LogP contribution in [0.1, 0.15) is 26.7 Å². The molecule has 2 saturated heterocycles. The van der Waals surface area contributed by atoms with Gasteiger partial charge in [0.25, 0.3) is 0 Å². The van der Waals surface area contributed by atoms with E-state index in [1.165, 1.54) is 19.4 Å². The molecule has 0 amide bonds. The molecule has 0 aromatic carbocycles. The van der Waals surface area contributed by atoms with E-state index in [0.29, 0.717) is 6.17 Å². The van der Waals surface area contributed by atoms with Gasteiger partial charge in [-0.05, 0) is 31.2 Å². The molecule has 2 rings (SSSR count). The first-order valence-corrected chi connectivity index (χ1v) is 6.32. The van der Waals surface area contributed by atoms with E-state index in [2.05, 4.69) is 24.1 Å². The lowest BCUT2D eigenvalue weighted by molar-refractivity contribution is -0.00328. The molecule has 0 aromatic heterocycles. The number of rotatable bonds is 2. The highest BCUT2D eigenvalue weighted by molar-refractivity contribution is 4.80. The molecule has 2 fully saturated rings. The van der Waals surface area contributed by atoms with Crippen molar-refractivity contribution in [2.24, 2.45) is 11.8 Å². The van der Waals surface area contributed by atoms with Gasteiger partial charge in [0.2, 0.25) is 0 Å². The summed E-state index contributed by atoms with van der Waals surface area (Å²) in [5.41, 5.74) is 0. The molecule has 3 heteroatoms. The Kier molecular flexibility index (Phi) is 4.00. The highest BCUT2D eigenvalue weighted by atomic mass is 16.5. The fourth-order valence-corrected chi connectivity index (χ4v) is 2.63. The number of piperidine rings is 1. The molecule has 0 aliphatic carbocycles. The topological polar surface area (TPSA) is 24.5 Å². The van der Waals surface area contributed by atoms with Crippen molar-refractivity contribution in [1.82, 2.24) is 10.2 Å². The quantitative estimate of drug-likeness (QED) is 0.747. The lowest BCUT2D eigenvalue weighted by Gasteiger charge is -2.40. The number of nitrogens with one attached hydrogen (secondary N) is 1. The van der Waals surface area contributed by atoms with Crippen LogP contribution in [0.25, 0.3) is 0 Å². The highest BCUT2D eigenvalue weighted by Gasteiger charge is 2.27. The Morgan fingerprint density at radius 1 is 1.20 bits per heavy atom. The molecule has 1 N–H and O–H groups in total. The largest absolute Gasteiger partial charge is 0.379 e. The molecule has 15 heavy (non-hydrogen) atoms. The summed E-state index contributed by atoms with van der Waals surface area (Å²) in [5, 5.41) is 3.69. The molecule has 88 valence electrons. The standard InChI is InChI=1S/C12H24N2O/c1-10(2)11-3-4-12(13-9-11)14-5-7-15-8-6-14/h10-13H,3-9H2,1-2H3. The van der Waals surface area contributed by atoms with Crippen LogP contribution in [0.2, 0.25) is 0 Å². The Balaban J connectivity index is 1.77. The Hall–Kier alpha value is -0.120. The van der Waals surface area contributed by atoms with Gasteiger partial charge < -0.3 is 10.1 Å². The summed E-state index contributed by atoms with van der Waals surface area (Å²) in [5.74, 6) is 1.70. The molecule has 0 aromatic rings. The van der Waals surface area contributed by atoms with Crippen LogP contribution in [0.15, 0.2) is 0 Å². The van der Waals surface area contributed by atoms with Gasteiger partial charge in [-0.3, -0.25) is 4.90 Å². The second kappa shape index (κ2) is 5.28. The molecule has 0 saturated carbocycles. The molecule has 0 radical (unpaired) electrons. The van der Waals surface area contributed by atoms with Crippen molar-refractivity contribution in [3.05, 3.63) is 0 Å². The van der Waals surface area contributed by atoms with E-state index in [0.717, 1.165) is 38.1 Å². The van der Waals surface area contributed by atoms with Crippen molar-refractivity contribution in [3.63, 3.8) is 0 Å². The normalized spacial score (nSPS) is 34.6. The Labute approximate surface area is 93.2 Å². The zero-order valence-corrected chi connectivity index (χ0v) is 10.0. The second-order valence-electron chi connectivity index (χ2n) is 5.15. The monoisotopic (exact) mass is 212 g/mol. The fourth-order valence-electron chi connectivity index (χ4n) is 2.63. The van der Waals surface area contributed by atoms with Gasteiger partial charge in [0.1, 0.15) is 0 Å². The minimum Gasteiger partial charge on any atom is -0.379 e. The van der Waals surface area contributed by atoms with Crippen LogP contribution in [0.5, 0.6) is 0 Å². The van der Waals surface area contributed by atoms with E-state index in [9.17, 15) is 0 Å². The average molecular weight is 212 g/mol. The van der Waals surface area contributed by atoms with Crippen molar-refractivity contribution in [2.75, 3.05) is 32.8 Å². The van der Waals surface area contributed by atoms with Crippen LogP contribution in [-0.2, 0) is 4.74 Å². The lowest BCUT2D eigenvalue weighted by Crippen LogP contribution is -2.54. The predicted molar refractivity (Wildman–Crippen MR) is 61.7 cm³/mol. The van der Waals surface area contributed by atoms with Gasteiger partial charge in [0.05, 0.1) is 19.4 Å². The van der Waals surface area contributed by atoms with Crippen molar-refractivity contribution in [2.45, 2.75) is 32.9 Å². The maximum absolute atomic E-state index is 5.38. The van der Waals surface area contributed by atoms with Crippen LogP contribution in [0.4, 0.5) is 0 Å². The molecular weight excluding hydrogens is 188 g/mol. The highest BCUT2D eigenvalue weighted by Crippen LogP contribution is 2.23. The van der Waals surface area contributed by atoms with E-state index in [4.69, 9.17) is 4.74 Å². The predicted octanol–water partition coefficient (Wildman–Crippen LogP) is 1.30. The minimum absolute atomic E-state index is 0.615. The Morgan fingerprint density at radius 2 is 1.93 bits per heavy atom. The summed E-state index contributed by atoms with van der Waals surface area (Å²) in [4.78, 5) is 2.54. The number of nitrogens with zero attached hydrogens (tertiary/aromatic N) is 1. The zero-order chi connectivity index (χ0) is 10.7. The van der Waals surface area contributed by atoms with Crippen LogP contribution in [0, 0.1) is 11.8 Å². The first-order valence-electron chi connectivity index (χ1n) is 6.32. The van der Waals surface area contributed by atoms with Crippen molar-refractivity contribution < 1.29 is 4.74 Å². The molecule has 2 unspecified atom stereocenters. The summed E-state index contributed by atoms with van der Waals surface area (Å²) in [6.45, 7) is 9.88. The Morgan fingerprint density at radius 3 is 2.47 bits per heavy atom. The third kappa shape index (κ3) is 2.92. The molecule has 0 spiro atoms. The van der Waals surface area contributed by atoms with E-state index in [1.807, 2.05) is 0 Å².